The number of guanidine groups is 1. The molecule has 0 radical (unpaired) electrons. The van der Waals surface area contributed by atoms with Crippen LogP contribution in [-0.2, 0) is 27.7 Å². The van der Waals surface area contributed by atoms with Crippen LogP contribution in [0.2, 0.25) is 0 Å². The molecular formula is C22H29FN4O2S. The van der Waals surface area contributed by atoms with Gasteiger partial charge < -0.3 is 10.6 Å². The molecule has 1 saturated carbocycles. The van der Waals surface area contributed by atoms with E-state index >= 15 is 0 Å². The summed E-state index contributed by atoms with van der Waals surface area (Å²) in [7, 11) is -1.88. The number of nitrogens with zero attached hydrogens (tertiary/aromatic N) is 1. The zero-order valence-electron chi connectivity index (χ0n) is 17.4. The molecule has 0 unspecified atom stereocenters. The van der Waals surface area contributed by atoms with Crippen molar-refractivity contribution in [2.75, 3.05) is 20.1 Å². The Bertz CT molecular complexity index is 986. The maximum Gasteiger partial charge on any atom is 0.215 e. The Hall–Kier alpha value is -2.45. The molecule has 3 N–H and O–H groups in total. The Balaban J connectivity index is 1.62. The molecule has 3 rings (SSSR count). The molecular weight excluding hydrogens is 403 g/mol. The first-order valence-electron chi connectivity index (χ1n) is 10.1. The van der Waals surface area contributed by atoms with Crippen molar-refractivity contribution < 1.29 is 12.8 Å². The van der Waals surface area contributed by atoms with E-state index in [1.807, 2.05) is 31.2 Å². The van der Waals surface area contributed by atoms with Gasteiger partial charge in [0.1, 0.15) is 5.82 Å². The lowest BCUT2D eigenvalue weighted by molar-refractivity contribution is 0.559. The quantitative estimate of drug-likeness (QED) is 0.420. The fourth-order valence-electron chi connectivity index (χ4n) is 3.38. The second-order valence-electron chi connectivity index (χ2n) is 7.59. The first-order valence-corrected chi connectivity index (χ1v) is 11.8. The largest absolute Gasteiger partial charge is 0.357 e. The average molecular weight is 433 g/mol. The molecule has 0 saturated heterocycles. The smallest absolute Gasteiger partial charge is 0.215 e. The maximum absolute atomic E-state index is 14.2. The molecule has 30 heavy (non-hydrogen) atoms. The molecule has 2 aromatic rings. The molecule has 0 heterocycles. The van der Waals surface area contributed by atoms with E-state index in [2.05, 4.69) is 20.3 Å². The molecule has 162 valence electrons. The molecule has 2 aromatic carbocycles. The van der Waals surface area contributed by atoms with Gasteiger partial charge in [-0.2, -0.15) is 0 Å². The van der Waals surface area contributed by atoms with Gasteiger partial charge in [-0.1, -0.05) is 42.5 Å². The van der Waals surface area contributed by atoms with Gasteiger partial charge in [0.15, 0.2) is 5.96 Å². The van der Waals surface area contributed by atoms with Crippen LogP contribution in [0.25, 0.3) is 0 Å². The van der Waals surface area contributed by atoms with Crippen LogP contribution in [0, 0.1) is 5.82 Å². The zero-order valence-corrected chi connectivity index (χ0v) is 18.2. The monoisotopic (exact) mass is 432 g/mol. The van der Waals surface area contributed by atoms with E-state index in [9.17, 15) is 12.8 Å². The topological polar surface area (TPSA) is 82.6 Å². The van der Waals surface area contributed by atoms with Gasteiger partial charge in [-0.05, 0) is 49.6 Å². The van der Waals surface area contributed by atoms with Gasteiger partial charge in [-0.25, -0.2) is 22.5 Å². The highest BCUT2D eigenvalue weighted by atomic mass is 32.2. The lowest BCUT2D eigenvalue weighted by Gasteiger charge is -2.19. The maximum atomic E-state index is 14.2. The Kier molecular flexibility index (Phi) is 7.10. The normalized spacial score (nSPS) is 15.6. The van der Waals surface area contributed by atoms with Crippen LogP contribution < -0.4 is 15.4 Å². The van der Waals surface area contributed by atoms with Gasteiger partial charge in [0, 0.05) is 18.5 Å². The van der Waals surface area contributed by atoms with Crippen LogP contribution in [0.3, 0.4) is 0 Å². The van der Waals surface area contributed by atoms with Crippen molar-refractivity contribution >= 4 is 16.0 Å². The molecule has 1 aliphatic carbocycles. The summed E-state index contributed by atoms with van der Waals surface area (Å²) >= 11 is 0. The van der Waals surface area contributed by atoms with E-state index in [-0.39, 0.29) is 17.0 Å². The molecule has 1 aliphatic rings. The van der Waals surface area contributed by atoms with Gasteiger partial charge in [-0.15, -0.1) is 0 Å². The lowest BCUT2D eigenvalue weighted by Crippen LogP contribution is -2.41. The number of rotatable bonds is 9. The standard InChI is InChI=1S/C22H29FN4O2S/c1-3-25-21(27-16-22(12-13-22)19-6-4-5-7-20(19)23)26-14-17-8-10-18(11-9-17)15-30(28,29)24-2/h4-11,24H,3,12-16H2,1-2H3,(H2,25,26,27). The predicted octanol–water partition coefficient (Wildman–Crippen LogP) is 2.66. The summed E-state index contributed by atoms with van der Waals surface area (Å²) in [5, 5.41) is 6.58. The van der Waals surface area contributed by atoms with Crippen LogP contribution in [0.1, 0.15) is 36.5 Å². The van der Waals surface area contributed by atoms with Crippen LogP contribution in [0.4, 0.5) is 4.39 Å². The molecule has 1 fully saturated rings. The highest BCUT2D eigenvalue weighted by molar-refractivity contribution is 7.88. The third kappa shape index (κ3) is 5.79. The molecule has 0 aromatic heterocycles. The number of hydrogen-bond donors (Lipinski definition) is 3. The van der Waals surface area contributed by atoms with Gasteiger partial charge in [-0.3, -0.25) is 0 Å². The molecule has 0 bridgehead atoms. The van der Waals surface area contributed by atoms with E-state index in [4.69, 9.17) is 0 Å². The van der Waals surface area contributed by atoms with Crippen molar-refractivity contribution in [3.05, 3.63) is 71.0 Å². The molecule has 0 spiro atoms. The van der Waals surface area contributed by atoms with Crippen LogP contribution in [-0.4, -0.2) is 34.5 Å². The van der Waals surface area contributed by atoms with Gasteiger partial charge in [0.25, 0.3) is 0 Å². The fourth-order valence-corrected chi connectivity index (χ4v) is 4.16. The van der Waals surface area contributed by atoms with Crippen LogP contribution in [0.15, 0.2) is 53.5 Å². The molecule has 6 nitrogen and oxygen atoms in total. The highest BCUT2D eigenvalue weighted by Crippen LogP contribution is 2.48. The Morgan fingerprint density at radius 3 is 2.33 bits per heavy atom. The van der Waals surface area contributed by atoms with Crippen molar-refractivity contribution in [1.82, 2.24) is 15.4 Å². The van der Waals surface area contributed by atoms with Crippen molar-refractivity contribution in [3.8, 4) is 0 Å². The summed E-state index contributed by atoms with van der Waals surface area (Å²) in [6.07, 6.45) is 1.91. The Morgan fingerprint density at radius 1 is 1.07 bits per heavy atom. The minimum absolute atomic E-state index is 0.0463. The lowest BCUT2D eigenvalue weighted by atomic mass is 9.95. The summed E-state index contributed by atoms with van der Waals surface area (Å²) in [5.41, 5.74) is 2.30. The van der Waals surface area contributed by atoms with E-state index < -0.39 is 10.0 Å². The summed E-state index contributed by atoms with van der Waals surface area (Å²) in [6, 6.07) is 14.3. The molecule has 0 atom stereocenters. The van der Waals surface area contributed by atoms with Crippen molar-refractivity contribution in [1.29, 1.82) is 0 Å². The van der Waals surface area contributed by atoms with Gasteiger partial charge >= 0.3 is 0 Å². The van der Waals surface area contributed by atoms with Crippen molar-refractivity contribution in [3.63, 3.8) is 0 Å². The second kappa shape index (κ2) is 9.57. The minimum atomic E-state index is -3.28. The average Bonchev–Trinajstić information content (AvgIpc) is 3.52. The first-order chi connectivity index (χ1) is 14.4. The fraction of sp³-hybridized carbons (Fsp3) is 0.409. The number of hydrogen-bond acceptors (Lipinski definition) is 3. The van der Waals surface area contributed by atoms with Gasteiger partial charge in [0.2, 0.25) is 10.0 Å². The van der Waals surface area contributed by atoms with Crippen molar-refractivity contribution in [2.24, 2.45) is 4.99 Å². The highest BCUT2D eigenvalue weighted by Gasteiger charge is 2.45. The molecule has 0 amide bonds. The SMILES string of the molecule is CCNC(=NCc1ccc(CS(=O)(=O)NC)cc1)NCC1(c2ccccc2F)CC1. The van der Waals surface area contributed by atoms with E-state index in [1.165, 1.54) is 13.1 Å². The minimum Gasteiger partial charge on any atom is -0.357 e. The predicted molar refractivity (Wildman–Crippen MR) is 118 cm³/mol. The number of sulfonamides is 1. The third-order valence-electron chi connectivity index (χ3n) is 5.35. The van der Waals surface area contributed by atoms with Crippen molar-refractivity contribution in [2.45, 2.75) is 37.5 Å². The Morgan fingerprint density at radius 2 is 1.73 bits per heavy atom. The number of halogens is 1. The van der Waals surface area contributed by atoms with E-state index in [1.54, 1.807) is 18.2 Å². The molecule has 8 heteroatoms. The van der Waals surface area contributed by atoms with E-state index in [0.29, 0.717) is 19.0 Å². The first kappa shape index (κ1) is 22.2. The van der Waals surface area contributed by atoms with E-state index in [0.717, 1.165) is 36.1 Å². The summed E-state index contributed by atoms with van der Waals surface area (Å²) in [5.74, 6) is 0.483. The zero-order chi connectivity index (χ0) is 21.6. The third-order valence-corrected chi connectivity index (χ3v) is 6.68. The number of nitrogens with one attached hydrogen (secondary N) is 3. The van der Waals surface area contributed by atoms with Crippen LogP contribution in [0.5, 0.6) is 0 Å². The summed E-state index contributed by atoms with van der Waals surface area (Å²) in [6.45, 7) is 3.80. The molecule has 0 aliphatic heterocycles. The summed E-state index contributed by atoms with van der Waals surface area (Å²) in [4.78, 5) is 4.62. The second-order valence-corrected chi connectivity index (χ2v) is 9.52. The summed E-state index contributed by atoms with van der Waals surface area (Å²) < 4.78 is 39.8. The number of aliphatic imine (C=N–C) groups is 1. The number of benzene rings is 2. The van der Waals surface area contributed by atoms with Gasteiger partial charge in [0.05, 0.1) is 12.3 Å². The Labute approximate surface area is 178 Å². The van der Waals surface area contributed by atoms with Crippen LogP contribution >= 0.6 is 0 Å².